The lowest BCUT2D eigenvalue weighted by Crippen LogP contribution is -2.40. The van der Waals surface area contributed by atoms with Crippen molar-refractivity contribution in [2.75, 3.05) is 26.9 Å². The molecule has 0 spiro atoms. The van der Waals surface area contributed by atoms with Crippen LogP contribution in [0.1, 0.15) is 11.8 Å². The molecule has 0 saturated carbocycles. The molecule has 4 atom stereocenters. The number of aliphatic hydroxyl groups is 2. The zero-order chi connectivity index (χ0) is 16.3. The van der Waals surface area contributed by atoms with E-state index in [1.165, 1.54) is 13.3 Å². The molecule has 1 fully saturated rings. The third-order valence-electron chi connectivity index (χ3n) is 3.51. The van der Waals surface area contributed by atoms with Crippen LogP contribution in [0.4, 0.5) is 0 Å². The Morgan fingerprint density at radius 1 is 1.41 bits per heavy atom. The topological polar surface area (TPSA) is 123 Å². The van der Waals surface area contributed by atoms with E-state index < -0.39 is 42.4 Å². The first-order valence-electron chi connectivity index (χ1n) is 6.86. The van der Waals surface area contributed by atoms with Gasteiger partial charge in [0, 0.05) is 18.9 Å². The summed E-state index contributed by atoms with van der Waals surface area (Å²) in [4.78, 5) is 25.6. The van der Waals surface area contributed by atoms with E-state index in [2.05, 4.69) is 4.98 Å². The Hall–Kier alpha value is -1.52. The van der Waals surface area contributed by atoms with Crippen LogP contribution in [-0.4, -0.2) is 65.0 Å². The van der Waals surface area contributed by atoms with Crippen molar-refractivity contribution in [3.63, 3.8) is 0 Å². The van der Waals surface area contributed by atoms with E-state index in [-0.39, 0.29) is 6.61 Å². The lowest BCUT2D eigenvalue weighted by Gasteiger charge is -2.22. The van der Waals surface area contributed by atoms with Gasteiger partial charge in [0.2, 0.25) is 0 Å². The molecule has 0 radical (unpaired) electrons. The Bertz CT molecular complexity index is 611. The Morgan fingerprint density at radius 2 is 2.14 bits per heavy atom. The molecule has 2 unspecified atom stereocenters. The van der Waals surface area contributed by atoms with Crippen LogP contribution in [0.3, 0.4) is 0 Å². The first-order valence-corrected chi connectivity index (χ1v) is 6.86. The van der Waals surface area contributed by atoms with Gasteiger partial charge < -0.3 is 24.4 Å². The molecule has 9 nitrogen and oxygen atoms in total. The molecule has 0 bridgehead atoms. The molecule has 2 rings (SSSR count). The molecule has 1 aliphatic rings. The van der Waals surface area contributed by atoms with Gasteiger partial charge in [-0.05, 0) is 6.92 Å². The lowest BCUT2D eigenvalue weighted by molar-refractivity contribution is -0.0820. The van der Waals surface area contributed by atoms with Gasteiger partial charge in [-0.3, -0.25) is 14.3 Å². The predicted octanol–water partition coefficient (Wildman–Crippen LogP) is -1.87. The summed E-state index contributed by atoms with van der Waals surface area (Å²) >= 11 is 0. The van der Waals surface area contributed by atoms with E-state index in [1.807, 2.05) is 0 Å². The van der Waals surface area contributed by atoms with E-state index >= 15 is 0 Å². The normalized spacial score (nSPS) is 28.2. The van der Waals surface area contributed by atoms with Crippen LogP contribution in [0.15, 0.2) is 15.8 Å². The molecule has 0 amide bonds. The van der Waals surface area contributed by atoms with Gasteiger partial charge >= 0.3 is 5.69 Å². The van der Waals surface area contributed by atoms with E-state index in [9.17, 15) is 19.8 Å². The van der Waals surface area contributed by atoms with Gasteiger partial charge in [-0.15, -0.1) is 0 Å². The Balaban J connectivity index is 2.31. The van der Waals surface area contributed by atoms with Gasteiger partial charge in [0.25, 0.3) is 5.56 Å². The van der Waals surface area contributed by atoms with Crippen LogP contribution in [0.2, 0.25) is 0 Å². The molecule has 124 valence electrons. The minimum absolute atomic E-state index is 0.188. The van der Waals surface area contributed by atoms with Gasteiger partial charge in [0.15, 0.2) is 6.23 Å². The average molecular weight is 316 g/mol. The second kappa shape index (κ2) is 7.16. The molecule has 22 heavy (non-hydrogen) atoms. The summed E-state index contributed by atoms with van der Waals surface area (Å²) in [5.41, 5.74) is -0.845. The Morgan fingerprint density at radius 3 is 2.77 bits per heavy atom. The summed E-state index contributed by atoms with van der Waals surface area (Å²) in [6.45, 7) is 1.62. The first-order chi connectivity index (χ1) is 10.5. The van der Waals surface area contributed by atoms with Crippen LogP contribution in [0.5, 0.6) is 0 Å². The summed E-state index contributed by atoms with van der Waals surface area (Å²) in [5, 5.41) is 19.4. The molecular formula is C13H20N2O7. The van der Waals surface area contributed by atoms with Crippen molar-refractivity contribution in [2.24, 2.45) is 0 Å². The van der Waals surface area contributed by atoms with Crippen molar-refractivity contribution in [2.45, 2.75) is 31.5 Å². The molecule has 1 aromatic heterocycles. The predicted molar refractivity (Wildman–Crippen MR) is 74.7 cm³/mol. The van der Waals surface area contributed by atoms with Crippen molar-refractivity contribution in [3.8, 4) is 0 Å². The third kappa shape index (κ3) is 3.28. The molecule has 1 aromatic rings. The number of aromatic amines is 1. The number of methoxy groups -OCH3 is 1. The van der Waals surface area contributed by atoms with Crippen LogP contribution in [0, 0.1) is 6.92 Å². The summed E-state index contributed by atoms with van der Waals surface area (Å²) in [5.74, 6) is 0. The molecule has 9 heteroatoms. The maximum absolute atomic E-state index is 12.0. The van der Waals surface area contributed by atoms with Crippen LogP contribution in [0.25, 0.3) is 0 Å². The molecule has 0 aromatic carbocycles. The fraction of sp³-hybridized carbons (Fsp3) is 0.692. The molecular weight excluding hydrogens is 296 g/mol. The van der Waals surface area contributed by atoms with Crippen molar-refractivity contribution < 1.29 is 24.4 Å². The summed E-state index contributed by atoms with van der Waals surface area (Å²) in [6, 6.07) is 0. The minimum atomic E-state index is -1.11. The minimum Gasteiger partial charge on any atom is -0.394 e. The molecule has 0 aliphatic carbocycles. The smallest absolute Gasteiger partial charge is 0.330 e. The highest BCUT2D eigenvalue weighted by molar-refractivity contribution is 5.03. The monoisotopic (exact) mass is 316 g/mol. The molecule has 2 heterocycles. The molecule has 3 N–H and O–H groups in total. The van der Waals surface area contributed by atoms with Crippen LogP contribution >= 0.6 is 0 Å². The number of rotatable bonds is 6. The van der Waals surface area contributed by atoms with E-state index in [1.54, 1.807) is 6.92 Å². The van der Waals surface area contributed by atoms with Gasteiger partial charge in [-0.2, -0.15) is 0 Å². The number of aliphatic hydroxyl groups excluding tert-OH is 2. The number of ether oxygens (including phenoxy) is 3. The highest BCUT2D eigenvalue weighted by atomic mass is 16.6. The largest absolute Gasteiger partial charge is 0.394 e. The summed E-state index contributed by atoms with van der Waals surface area (Å²) < 4.78 is 17.0. The van der Waals surface area contributed by atoms with Gasteiger partial charge in [0.1, 0.15) is 18.3 Å². The highest BCUT2D eigenvalue weighted by Gasteiger charge is 2.45. The second-order valence-corrected chi connectivity index (χ2v) is 5.05. The van der Waals surface area contributed by atoms with Crippen LogP contribution < -0.4 is 11.2 Å². The maximum atomic E-state index is 12.0. The maximum Gasteiger partial charge on any atom is 0.330 e. The highest BCUT2D eigenvalue weighted by Crippen LogP contribution is 2.30. The standard InChI is InChI=1S/C13H20N2O7/c1-7-5-15(13(19)14-11(7)18)12-10(21-4-3-20-2)9(17)8(6-16)22-12/h5,8-10,12,16-17H,3-4,6H2,1-2H3,(H,14,18,19)/t8-,9?,10?,12-/m0/s1. The Kier molecular flexibility index (Phi) is 5.48. The zero-order valence-corrected chi connectivity index (χ0v) is 12.4. The molecule has 1 saturated heterocycles. The zero-order valence-electron chi connectivity index (χ0n) is 12.4. The third-order valence-corrected chi connectivity index (χ3v) is 3.51. The number of nitrogens with one attached hydrogen (secondary N) is 1. The average Bonchev–Trinajstić information content (AvgIpc) is 2.80. The fourth-order valence-corrected chi connectivity index (χ4v) is 2.32. The van der Waals surface area contributed by atoms with E-state index in [0.29, 0.717) is 12.2 Å². The second-order valence-electron chi connectivity index (χ2n) is 5.05. The van der Waals surface area contributed by atoms with Crippen molar-refractivity contribution in [1.29, 1.82) is 0 Å². The van der Waals surface area contributed by atoms with Gasteiger partial charge in [0.05, 0.1) is 19.8 Å². The summed E-state index contributed by atoms with van der Waals surface area (Å²) in [7, 11) is 1.51. The van der Waals surface area contributed by atoms with E-state index in [4.69, 9.17) is 14.2 Å². The first kappa shape index (κ1) is 16.8. The number of hydrogen-bond donors (Lipinski definition) is 3. The number of hydrogen-bond acceptors (Lipinski definition) is 7. The Labute approximate surface area is 126 Å². The van der Waals surface area contributed by atoms with Crippen molar-refractivity contribution in [1.82, 2.24) is 9.55 Å². The lowest BCUT2D eigenvalue weighted by atomic mass is 10.1. The number of H-pyrrole nitrogens is 1. The van der Waals surface area contributed by atoms with Gasteiger partial charge in [-0.1, -0.05) is 0 Å². The number of nitrogens with zero attached hydrogens (tertiary/aromatic N) is 1. The summed E-state index contributed by atoms with van der Waals surface area (Å²) in [6.07, 6.45) is -2.46. The quantitative estimate of drug-likeness (QED) is 0.525. The van der Waals surface area contributed by atoms with Crippen LogP contribution in [-0.2, 0) is 14.2 Å². The number of aryl methyl sites for hydroxylation is 1. The number of aromatic nitrogens is 2. The van der Waals surface area contributed by atoms with Crippen molar-refractivity contribution >= 4 is 0 Å². The SMILES string of the molecule is COCCOC1C(O)[C@H](CO)O[C@@H]1n1cc(C)c(=O)[nH]c1=O. The fourth-order valence-electron chi connectivity index (χ4n) is 2.32. The molecule has 1 aliphatic heterocycles. The van der Waals surface area contributed by atoms with Gasteiger partial charge in [-0.25, -0.2) is 4.79 Å². The van der Waals surface area contributed by atoms with Crippen molar-refractivity contribution in [3.05, 3.63) is 32.6 Å². The van der Waals surface area contributed by atoms with E-state index in [0.717, 1.165) is 4.57 Å².